The van der Waals surface area contributed by atoms with Gasteiger partial charge in [-0.2, -0.15) is 0 Å². The minimum Gasteiger partial charge on any atom is -0.508 e. The number of ether oxygens (including phenoxy) is 3. The maximum absolute atomic E-state index is 9.74. The predicted octanol–water partition coefficient (Wildman–Crippen LogP) is 3.39. The van der Waals surface area contributed by atoms with Crippen LogP contribution in [0.25, 0.3) is 10.9 Å². The quantitative estimate of drug-likeness (QED) is 0.784. The summed E-state index contributed by atoms with van der Waals surface area (Å²) in [4.78, 5) is 6.90. The Balaban J connectivity index is 1.32. The number of fused-ring (bicyclic) bond motifs is 1. The van der Waals surface area contributed by atoms with Crippen molar-refractivity contribution in [2.24, 2.45) is 0 Å². The number of aryl methyl sites for hydroxylation is 1. The third kappa shape index (κ3) is 4.51. The molecule has 1 aromatic heterocycles. The number of hydrogen-bond donors (Lipinski definition) is 1. The fourth-order valence-electron chi connectivity index (χ4n) is 3.91. The van der Waals surface area contributed by atoms with Crippen LogP contribution in [0.1, 0.15) is 31.4 Å². The summed E-state index contributed by atoms with van der Waals surface area (Å²) in [5.74, 6) is 0.246. The number of hydrogen-bond acceptors (Lipinski definition) is 6. The van der Waals surface area contributed by atoms with Crippen LogP contribution in [-0.2, 0) is 14.2 Å². The molecule has 1 N–H and O–H groups in total. The Kier molecular flexibility index (Phi) is 5.76. The second kappa shape index (κ2) is 8.42. The maximum Gasteiger partial charge on any atom is 0.157 e. The largest absolute Gasteiger partial charge is 0.508 e. The zero-order valence-corrected chi connectivity index (χ0v) is 15.9. The number of aromatic nitrogens is 1. The van der Waals surface area contributed by atoms with Crippen molar-refractivity contribution in [1.29, 1.82) is 0 Å². The Morgan fingerprint density at radius 2 is 2.07 bits per heavy atom. The monoisotopic (exact) mass is 372 g/mol. The van der Waals surface area contributed by atoms with E-state index in [2.05, 4.69) is 16.0 Å². The molecule has 2 fully saturated rings. The summed E-state index contributed by atoms with van der Waals surface area (Å²) in [5, 5.41) is 10.8. The van der Waals surface area contributed by atoms with Gasteiger partial charge in [-0.15, -0.1) is 0 Å². The van der Waals surface area contributed by atoms with Gasteiger partial charge in [-0.25, -0.2) is 0 Å². The summed E-state index contributed by atoms with van der Waals surface area (Å²) in [6, 6.07) is 7.50. The van der Waals surface area contributed by atoms with Gasteiger partial charge in [0.25, 0.3) is 0 Å². The van der Waals surface area contributed by atoms with Gasteiger partial charge < -0.3 is 24.2 Å². The fraction of sp³-hybridized carbons (Fsp3) is 0.571. The molecule has 146 valence electrons. The average molecular weight is 372 g/mol. The zero-order valence-electron chi connectivity index (χ0n) is 15.9. The van der Waals surface area contributed by atoms with Crippen molar-refractivity contribution in [1.82, 2.24) is 4.98 Å². The number of pyridine rings is 1. The highest BCUT2D eigenvalue weighted by molar-refractivity contribution is 5.92. The number of benzene rings is 1. The van der Waals surface area contributed by atoms with Gasteiger partial charge in [-0.3, -0.25) is 4.98 Å². The van der Waals surface area contributed by atoms with Crippen molar-refractivity contribution in [2.75, 3.05) is 37.8 Å². The van der Waals surface area contributed by atoms with Crippen molar-refractivity contribution < 1.29 is 19.3 Å². The lowest BCUT2D eigenvalue weighted by Gasteiger charge is -2.23. The molecule has 3 heterocycles. The van der Waals surface area contributed by atoms with Gasteiger partial charge in [-0.05, 0) is 50.8 Å². The Bertz CT molecular complexity index is 771. The molecule has 2 atom stereocenters. The SMILES string of the molecule is Cc1cc(N2CCC(OCCOC3CCCCO3)C2)c2ccc(O)cc2n1. The summed E-state index contributed by atoms with van der Waals surface area (Å²) in [5.41, 5.74) is 2.94. The molecule has 6 nitrogen and oxygen atoms in total. The molecule has 1 aromatic carbocycles. The molecule has 0 spiro atoms. The highest BCUT2D eigenvalue weighted by Gasteiger charge is 2.25. The van der Waals surface area contributed by atoms with Crippen molar-refractivity contribution >= 4 is 16.6 Å². The van der Waals surface area contributed by atoms with Crippen LogP contribution in [-0.4, -0.2) is 55.4 Å². The van der Waals surface area contributed by atoms with E-state index >= 15 is 0 Å². The molecule has 2 unspecified atom stereocenters. The Labute approximate surface area is 160 Å². The lowest BCUT2D eigenvalue weighted by Crippen LogP contribution is -2.26. The van der Waals surface area contributed by atoms with Crippen LogP contribution in [0.15, 0.2) is 24.3 Å². The summed E-state index contributed by atoms with van der Waals surface area (Å²) in [6.45, 7) is 5.79. The van der Waals surface area contributed by atoms with Crippen LogP contribution in [0, 0.1) is 6.92 Å². The minimum atomic E-state index is -0.0509. The van der Waals surface area contributed by atoms with E-state index in [1.807, 2.05) is 13.0 Å². The molecule has 2 aliphatic rings. The first-order chi connectivity index (χ1) is 13.2. The first kappa shape index (κ1) is 18.5. The third-order valence-corrected chi connectivity index (χ3v) is 5.26. The van der Waals surface area contributed by atoms with Gasteiger partial charge in [-0.1, -0.05) is 0 Å². The minimum absolute atomic E-state index is 0.0509. The second-order valence-corrected chi connectivity index (χ2v) is 7.38. The molecule has 27 heavy (non-hydrogen) atoms. The van der Waals surface area contributed by atoms with Crippen molar-refractivity contribution in [3.63, 3.8) is 0 Å². The lowest BCUT2D eigenvalue weighted by molar-refractivity contribution is -0.170. The van der Waals surface area contributed by atoms with Crippen molar-refractivity contribution in [2.45, 2.75) is 45.0 Å². The molecule has 2 saturated heterocycles. The normalized spacial score (nSPS) is 23.2. The smallest absolute Gasteiger partial charge is 0.157 e. The van der Waals surface area contributed by atoms with Crippen LogP contribution >= 0.6 is 0 Å². The van der Waals surface area contributed by atoms with E-state index in [1.165, 1.54) is 6.42 Å². The highest BCUT2D eigenvalue weighted by atomic mass is 16.7. The second-order valence-electron chi connectivity index (χ2n) is 7.38. The van der Waals surface area contributed by atoms with E-state index in [9.17, 15) is 5.11 Å². The molecule has 2 aliphatic heterocycles. The lowest BCUT2D eigenvalue weighted by atomic mass is 10.1. The third-order valence-electron chi connectivity index (χ3n) is 5.26. The van der Waals surface area contributed by atoms with Gasteiger partial charge in [0.1, 0.15) is 5.75 Å². The first-order valence-electron chi connectivity index (χ1n) is 9.89. The standard InChI is InChI=1S/C21H28N2O4/c1-15-12-20(18-6-5-16(24)13-19(18)22-15)23-8-7-17(14-23)25-10-11-27-21-4-2-3-9-26-21/h5-6,12-13,17,21,24H,2-4,7-11,14H2,1H3. The molecular weight excluding hydrogens is 344 g/mol. The Morgan fingerprint density at radius 1 is 1.19 bits per heavy atom. The fourth-order valence-corrected chi connectivity index (χ4v) is 3.91. The highest BCUT2D eigenvalue weighted by Crippen LogP contribution is 2.31. The molecule has 0 aliphatic carbocycles. The van der Waals surface area contributed by atoms with E-state index < -0.39 is 0 Å². The van der Waals surface area contributed by atoms with Crippen LogP contribution in [0.5, 0.6) is 5.75 Å². The maximum atomic E-state index is 9.74. The van der Waals surface area contributed by atoms with E-state index in [4.69, 9.17) is 14.2 Å². The van der Waals surface area contributed by atoms with Crippen LogP contribution in [0.2, 0.25) is 0 Å². The Hall–Kier alpha value is -1.89. The van der Waals surface area contributed by atoms with Crippen LogP contribution < -0.4 is 4.90 Å². The van der Waals surface area contributed by atoms with E-state index in [0.29, 0.717) is 13.2 Å². The molecule has 4 rings (SSSR count). The number of phenols is 1. The molecule has 0 saturated carbocycles. The van der Waals surface area contributed by atoms with Gasteiger partial charge in [0, 0.05) is 42.5 Å². The number of phenolic OH excluding ortho intramolecular Hbond substituents is 1. The number of rotatable bonds is 6. The van der Waals surface area contributed by atoms with Gasteiger partial charge >= 0.3 is 0 Å². The molecule has 2 aromatic rings. The zero-order chi connectivity index (χ0) is 18.6. The summed E-state index contributed by atoms with van der Waals surface area (Å²) >= 11 is 0. The topological polar surface area (TPSA) is 64.1 Å². The van der Waals surface area contributed by atoms with E-state index in [1.54, 1.807) is 12.1 Å². The molecule has 0 radical (unpaired) electrons. The molecular formula is C21H28N2O4. The predicted molar refractivity (Wildman–Crippen MR) is 104 cm³/mol. The summed E-state index contributed by atoms with van der Waals surface area (Å²) in [7, 11) is 0. The van der Waals surface area contributed by atoms with Crippen LogP contribution in [0.3, 0.4) is 0 Å². The first-order valence-corrected chi connectivity index (χ1v) is 9.89. The van der Waals surface area contributed by atoms with Crippen molar-refractivity contribution in [3.8, 4) is 5.75 Å². The summed E-state index contributed by atoms with van der Waals surface area (Å²) < 4.78 is 17.4. The molecule has 6 heteroatoms. The van der Waals surface area contributed by atoms with E-state index in [0.717, 1.165) is 61.2 Å². The molecule has 0 bridgehead atoms. The van der Waals surface area contributed by atoms with E-state index in [-0.39, 0.29) is 18.1 Å². The number of anilines is 1. The van der Waals surface area contributed by atoms with Gasteiger partial charge in [0.2, 0.25) is 0 Å². The Morgan fingerprint density at radius 3 is 2.93 bits per heavy atom. The number of nitrogens with zero attached hydrogens (tertiary/aromatic N) is 2. The van der Waals surface area contributed by atoms with Gasteiger partial charge in [0.05, 0.1) is 24.8 Å². The number of aromatic hydroxyl groups is 1. The van der Waals surface area contributed by atoms with Gasteiger partial charge in [0.15, 0.2) is 6.29 Å². The molecule has 0 amide bonds. The van der Waals surface area contributed by atoms with Crippen LogP contribution in [0.4, 0.5) is 5.69 Å². The van der Waals surface area contributed by atoms with Crippen molar-refractivity contribution in [3.05, 3.63) is 30.0 Å². The summed E-state index contributed by atoms with van der Waals surface area (Å²) in [6.07, 6.45) is 4.46. The average Bonchev–Trinajstić information content (AvgIpc) is 3.14.